The van der Waals surface area contributed by atoms with Crippen LogP contribution in [0.2, 0.25) is 0 Å². The predicted molar refractivity (Wildman–Crippen MR) is 94.3 cm³/mol. The number of ether oxygens (including phenoxy) is 3. The Labute approximate surface area is 141 Å². The van der Waals surface area contributed by atoms with E-state index in [1.807, 2.05) is 32.1 Å². The minimum Gasteiger partial charge on any atom is -0.493 e. The highest BCUT2D eigenvalue weighted by Crippen LogP contribution is 2.37. The summed E-state index contributed by atoms with van der Waals surface area (Å²) in [6.07, 6.45) is 5.66. The number of benzene rings is 1. The van der Waals surface area contributed by atoms with Crippen molar-refractivity contribution in [3.63, 3.8) is 0 Å². The normalized spacial score (nSPS) is 11.4. The van der Waals surface area contributed by atoms with Crippen molar-refractivity contribution in [3.05, 3.63) is 40.8 Å². The number of rotatable bonds is 8. The van der Waals surface area contributed by atoms with Crippen molar-refractivity contribution >= 4 is 11.0 Å². The molecule has 1 heterocycles. The number of fused-ring (bicyclic) bond motifs is 1. The standard InChI is InChI=1S/C19H24O5/c1-5-6-7-8-12-22-18-17(23-13(2)3)14-10-9-11-15(21-4)16(14)24-19(18)20/h6-7,9-11,13H,5,8,12H2,1-4H3/b7-6+. The van der Waals surface area contributed by atoms with E-state index in [2.05, 4.69) is 13.0 Å². The fourth-order valence-electron chi connectivity index (χ4n) is 2.31. The molecule has 5 nitrogen and oxygen atoms in total. The second-order valence-electron chi connectivity index (χ2n) is 5.57. The molecular weight excluding hydrogens is 308 g/mol. The van der Waals surface area contributed by atoms with Crippen LogP contribution in [0.4, 0.5) is 0 Å². The van der Waals surface area contributed by atoms with Crippen molar-refractivity contribution in [2.45, 2.75) is 39.7 Å². The maximum absolute atomic E-state index is 12.4. The molecule has 2 rings (SSSR count). The van der Waals surface area contributed by atoms with Crippen molar-refractivity contribution in [3.8, 4) is 17.2 Å². The van der Waals surface area contributed by atoms with Crippen molar-refractivity contribution in [1.82, 2.24) is 0 Å². The van der Waals surface area contributed by atoms with Gasteiger partial charge in [-0.25, -0.2) is 4.79 Å². The molecule has 0 unspecified atom stereocenters. The zero-order chi connectivity index (χ0) is 17.5. The summed E-state index contributed by atoms with van der Waals surface area (Å²) in [6, 6.07) is 5.38. The number of allylic oxidation sites excluding steroid dienone is 1. The molecule has 2 aromatic rings. The Morgan fingerprint density at radius 3 is 2.67 bits per heavy atom. The van der Waals surface area contributed by atoms with Crippen LogP contribution in [0, 0.1) is 0 Å². The second-order valence-corrected chi connectivity index (χ2v) is 5.57. The van der Waals surface area contributed by atoms with E-state index in [4.69, 9.17) is 18.6 Å². The van der Waals surface area contributed by atoms with E-state index < -0.39 is 5.63 Å². The van der Waals surface area contributed by atoms with Crippen LogP contribution in [0.15, 0.2) is 39.6 Å². The first-order valence-corrected chi connectivity index (χ1v) is 8.16. The van der Waals surface area contributed by atoms with E-state index in [1.54, 1.807) is 6.07 Å². The molecule has 0 bridgehead atoms. The van der Waals surface area contributed by atoms with Crippen molar-refractivity contribution in [2.24, 2.45) is 0 Å². The first kappa shape index (κ1) is 17.9. The third-order valence-electron chi connectivity index (χ3n) is 3.32. The topological polar surface area (TPSA) is 57.9 Å². The van der Waals surface area contributed by atoms with Crippen LogP contribution in [-0.4, -0.2) is 19.8 Å². The van der Waals surface area contributed by atoms with Crippen LogP contribution in [-0.2, 0) is 0 Å². The molecule has 0 saturated heterocycles. The van der Waals surface area contributed by atoms with Gasteiger partial charge >= 0.3 is 5.63 Å². The zero-order valence-electron chi connectivity index (χ0n) is 14.6. The first-order valence-electron chi connectivity index (χ1n) is 8.16. The summed E-state index contributed by atoms with van der Waals surface area (Å²) in [5.41, 5.74) is -0.207. The lowest BCUT2D eigenvalue weighted by Crippen LogP contribution is -2.14. The highest BCUT2D eigenvalue weighted by molar-refractivity contribution is 5.89. The Balaban J connectivity index is 2.46. The summed E-state index contributed by atoms with van der Waals surface area (Å²) in [5, 5.41) is 0.654. The van der Waals surface area contributed by atoms with E-state index in [-0.39, 0.29) is 11.9 Å². The fraction of sp³-hybridized carbons (Fsp3) is 0.421. The quantitative estimate of drug-likeness (QED) is 0.409. The Morgan fingerprint density at radius 1 is 1.21 bits per heavy atom. The van der Waals surface area contributed by atoms with Crippen molar-refractivity contribution < 1.29 is 18.6 Å². The molecule has 0 radical (unpaired) electrons. The van der Waals surface area contributed by atoms with E-state index in [0.717, 1.165) is 6.42 Å². The van der Waals surface area contributed by atoms with E-state index >= 15 is 0 Å². The monoisotopic (exact) mass is 332 g/mol. The number of methoxy groups -OCH3 is 1. The molecule has 130 valence electrons. The molecule has 5 heteroatoms. The third-order valence-corrected chi connectivity index (χ3v) is 3.32. The van der Waals surface area contributed by atoms with Gasteiger partial charge in [-0.3, -0.25) is 0 Å². The van der Waals surface area contributed by atoms with Crippen LogP contribution in [0.5, 0.6) is 17.2 Å². The van der Waals surface area contributed by atoms with Crippen LogP contribution in [0.25, 0.3) is 11.0 Å². The first-order chi connectivity index (χ1) is 11.6. The summed E-state index contributed by atoms with van der Waals surface area (Å²) >= 11 is 0. The van der Waals surface area contributed by atoms with Crippen LogP contribution in [0.3, 0.4) is 0 Å². The van der Waals surface area contributed by atoms with Crippen LogP contribution < -0.4 is 19.8 Å². The predicted octanol–water partition coefficient (Wildman–Crippen LogP) is 4.32. The van der Waals surface area contributed by atoms with Crippen molar-refractivity contribution in [2.75, 3.05) is 13.7 Å². The van der Waals surface area contributed by atoms with Gasteiger partial charge < -0.3 is 18.6 Å². The van der Waals surface area contributed by atoms with Crippen molar-refractivity contribution in [1.29, 1.82) is 0 Å². The van der Waals surface area contributed by atoms with Crippen LogP contribution >= 0.6 is 0 Å². The molecule has 0 atom stereocenters. The lowest BCUT2D eigenvalue weighted by Gasteiger charge is -2.16. The largest absolute Gasteiger partial charge is 0.493 e. The summed E-state index contributed by atoms with van der Waals surface area (Å²) in [7, 11) is 1.53. The van der Waals surface area contributed by atoms with Gasteiger partial charge in [-0.1, -0.05) is 25.1 Å². The number of para-hydroxylation sites is 1. The maximum Gasteiger partial charge on any atom is 0.383 e. The summed E-state index contributed by atoms with van der Waals surface area (Å²) < 4.78 is 22.2. The summed E-state index contributed by atoms with van der Waals surface area (Å²) in [5.74, 6) is 0.986. The number of hydrogen-bond acceptors (Lipinski definition) is 5. The lowest BCUT2D eigenvalue weighted by molar-refractivity contribution is 0.219. The third kappa shape index (κ3) is 4.10. The van der Waals surface area contributed by atoms with Gasteiger partial charge in [-0.2, -0.15) is 0 Å². The average molecular weight is 332 g/mol. The minimum absolute atomic E-state index is 0.106. The smallest absolute Gasteiger partial charge is 0.383 e. The Bertz CT molecular complexity index is 758. The van der Waals surface area contributed by atoms with Gasteiger partial charge in [-0.15, -0.1) is 0 Å². The molecule has 0 spiro atoms. The van der Waals surface area contributed by atoms with Gasteiger partial charge in [0.05, 0.1) is 25.2 Å². The summed E-state index contributed by atoms with van der Waals surface area (Å²) in [4.78, 5) is 12.4. The SMILES string of the molecule is CC/C=C/CCOc1c(OC(C)C)c2cccc(OC)c2oc1=O. The maximum atomic E-state index is 12.4. The molecular formula is C19H24O5. The molecule has 24 heavy (non-hydrogen) atoms. The number of hydrogen-bond donors (Lipinski definition) is 0. The molecule has 0 N–H and O–H groups in total. The highest BCUT2D eigenvalue weighted by Gasteiger charge is 2.20. The Hall–Kier alpha value is -2.43. The van der Waals surface area contributed by atoms with Gasteiger partial charge in [0, 0.05) is 0 Å². The molecule has 0 aliphatic heterocycles. The van der Waals surface area contributed by atoms with Gasteiger partial charge in [0.25, 0.3) is 0 Å². The molecule has 1 aromatic heterocycles. The van der Waals surface area contributed by atoms with E-state index in [1.165, 1.54) is 7.11 Å². The molecule has 0 fully saturated rings. The van der Waals surface area contributed by atoms with E-state index in [9.17, 15) is 4.79 Å². The summed E-state index contributed by atoms with van der Waals surface area (Å²) in [6.45, 7) is 6.24. The van der Waals surface area contributed by atoms with Gasteiger partial charge in [0.2, 0.25) is 5.75 Å². The zero-order valence-corrected chi connectivity index (χ0v) is 14.6. The Morgan fingerprint density at radius 2 is 2.00 bits per heavy atom. The highest BCUT2D eigenvalue weighted by atomic mass is 16.5. The van der Waals surface area contributed by atoms with Gasteiger partial charge in [0.15, 0.2) is 17.1 Å². The second kappa shape index (κ2) is 8.43. The van der Waals surface area contributed by atoms with Gasteiger partial charge in [-0.05, 0) is 38.8 Å². The molecule has 0 amide bonds. The van der Waals surface area contributed by atoms with Gasteiger partial charge in [0.1, 0.15) is 0 Å². The fourth-order valence-corrected chi connectivity index (χ4v) is 2.31. The van der Waals surface area contributed by atoms with E-state index in [0.29, 0.717) is 35.5 Å². The minimum atomic E-state index is -0.567. The Kier molecular flexibility index (Phi) is 6.29. The molecule has 0 aliphatic rings. The van der Waals surface area contributed by atoms with Crippen LogP contribution in [0.1, 0.15) is 33.6 Å². The molecule has 1 aromatic carbocycles. The average Bonchev–Trinajstić information content (AvgIpc) is 2.55. The lowest BCUT2D eigenvalue weighted by atomic mass is 10.2. The molecule has 0 aliphatic carbocycles. The molecule has 0 saturated carbocycles.